The summed E-state index contributed by atoms with van der Waals surface area (Å²) in [4.78, 5) is 20.8. The van der Waals surface area contributed by atoms with Crippen molar-refractivity contribution in [1.82, 2.24) is 0 Å². The third kappa shape index (κ3) is 5.44. The number of hydrogen-bond donors (Lipinski definition) is 2. The molecule has 110 valence electrons. The number of carboxylic acid groups (broad SMARTS) is 1. The molecule has 0 aliphatic carbocycles. The molecule has 2 N–H and O–H groups in total. The first-order valence-electron chi connectivity index (χ1n) is 6.29. The Hall–Kier alpha value is -1.82. The van der Waals surface area contributed by atoms with Gasteiger partial charge in [0.25, 0.3) is 5.69 Å². The van der Waals surface area contributed by atoms with E-state index in [2.05, 4.69) is 5.32 Å². The number of carboxylic acids is 1. The number of nitro groups is 1. The van der Waals surface area contributed by atoms with E-state index in [9.17, 15) is 14.9 Å². The Kier molecular flexibility index (Phi) is 6.24. The van der Waals surface area contributed by atoms with Gasteiger partial charge in [-0.3, -0.25) is 14.9 Å². The van der Waals surface area contributed by atoms with E-state index in [1.165, 1.54) is 18.2 Å². The molecule has 0 saturated carbocycles. The Balaban J connectivity index is 2.51. The normalized spacial score (nSPS) is 11.9. The van der Waals surface area contributed by atoms with Crippen molar-refractivity contribution >= 4 is 28.9 Å². The smallest absolute Gasteiger partial charge is 0.303 e. The van der Waals surface area contributed by atoms with E-state index < -0.39 is 10.9 Å². The van der Waals surface area contributed by atoms with Gasteiger partial charge in [0.15, 0.2) is 0 Å². The van der Waals surface area contributed by atoms with Gasteiger partial charge in [-0.2, -0.15) is 0 Å². The van der Waals surface area contributed by atoms with Crippen molar-refractivity contribution < 1.29 is 14.8 Å². The van der Waals surface area contributed by atoms with Gasteiger partial charge < -0.3 is 10.4 Å². The van der Waals surface area contributed by atoms with Gasteiger partial charge in [-0.1, -0.05) is 18.5 Å². The highest BCUT2D eigenvalue weighted by Crippen LogP contribution is 2.27. The van der Waals surface area contributed by atoms with Crippen LogP contribution in [0.4, 0.5) is 11.4 Å². The predicted octanol–water partition coefficient (Wildman–Crippen LogP) is 3.55. The third-order valence-corrected chi connectivity index (χ3v) is 3.19. The number of hydrogen-bond acceptors (Lipinski definition) is 4. The molecule has 1 aromatic rings. The number of nitro benzene ring substituents is 1. The van der Waals surface area contributed by atoms with Crippen LogP contribution in [0.1, 0.15) is 26.2 Å². The van der Waals surface area contributed by atoms with Gasteiger partial charge in [0, 0.05) is 24.1 Å². The average Bonchev–Trinajstić information content (AvgIpc) is 2.36. The molecule has 0 fully saturated rings. The summed E-state index contributed by atoms with van der Waals surface area (Å²) in [6.07, 6.45) is 1.46. The van der Waals surface area contributed by atoms with E-state index in [1.807, 2.05) is 6.92 Å². The fraction of sp³-hybridized carbons (Fsp3) is 0.462. The standard InChI is InChI=1S/C13H17ClN2O4/c1-9(2-5-13(17)18)6-7-15-11-8-10(14)3-4-12(11)16(19)20/h3-4,8-9,15H,2,5-7H2,1H3,(H,17,18). The van der Waals surface area contributed by atoms with Crippen LogP contribution in [0, 0.1) is 16.0 Å². The summed E-state index contributed by atoms with van der Waals surface area (Å²) >= 11 is 5.82. The number of carbonyl (C=O) groups is 1. The second-order valence-corrected chi connectivity index (χ2v) is 5.11. The average molecular weight is 301 g/mol. The maximum absolute atomic E-state index is 10.9. The van der Waals surface area contributed by atoms with Crippen LogP contribution < -0.4 is 5.32 Å². The fourth-order valence-electron chi connectivity index (χ4n) is 1.78. The summed E-state index contributed by atoms with van der Waals surface area (Å²) < 4.78 is 0. The van der Waals surface area contributed by atoms with E-state index in [0.29, 0.717) is 23.7 Å². The number of aliphatic carboxylic acids is 1. The SMILES string of the molecule is CC(CCNc1cc(Cl)ccc1[N+](=O)[O-])CCC(=O)O. The lowest BCUT2D eigenvalue weighted by atomic mass is 10.0. The van der Waals surface area contributed by atoms with E-state index in [4.69, 9.17) is 16.7 Å². The molecule has 6 nitrogen and oxygen atoms in total. The molecular formula is C13H17ClN2O4. The van der Waals surface area contributed by atoms with Crippen LogP contribution in [-0.4, -0.2) is 22.5 Å². The molecule has 0 amide bonds. The van der Waals surface area contributed by atoms with Gasteiger partial charge in [-0.15, -0.1) is 0 Å². The van der Waals surface area contributed by atoms with Crippen molar-refractivity contribution in [3.05, 3.63) is 33.3 Å². The molecule has 7 heteroatoms. The van der Waals surface area contributed by atoms with Crippen LogP contribution in [0.2, 0.25) is 5.02 Å². The zero-order valence-corrected chi connectivity index (χ0v) is 11.9. The largest absolute Gasteiger partial charge is 0.481 e. The van der Waals surface area contributed by atoms with Crippen LogP contribution >= 0.6 is 11.6 Å². The zero-order valence-electron chi connectivity index (χ0n) is 11.1. The third-order valence-electron chi connectivity index (χ3n) is 2.96. The first-order valence-corrected chi connectivity index (χ1v) is 6.67. The molecule has 20 heavy (non-hydrogen) atoms. The minimum Gasteiger partial charge on any atom is -0.481 e. The topological polar surface area (TPSA) is 92.5 Å². The lowest BCUT2D eigenvalue weighted by Gasteiger charge is -2.12. The molecule has 0 bridgehead atoms. The van der Waals surface area contributed by atoms with Crippen molar-refractivity contribution in [1.29, 1.82) is 0 Å². The van der Waals surface area contributed by atoms with Gasteiger partial charge in [-0.05, 0) is 30.9 Å². The van der Waals surface area contributed by atoms with Crippen LogP contribution in [0.15, 0.2) is 18.2 Å². The molecule has 0 radical (unpaired) electrons. The van der Waals surface area contributed by atoms with Gasteiger partial charge in [0.2, 0.25) is 0 Å². The Bertz CT molecular complexity index is 493. The maximum Gasteiger partial charge on any atom is 0.303 e. The predicted molar refractivity (Wildman–Crippen MR) is 77.2 cm³/mol. The van der Waals surface area contributed by atoms with Gasteiger partial charge in [-0.25, -0.2) is 0 Å². The highest BCUT2D eigenvalue weighted by Gasteiger charge is 2.14. The molecular weight excluding hydrogens is 284 g/mol. The fourth-order valence-corrected chi connectivity index (χ4v) is 1.95. The Morgan fingerprint density at radius 1 is 1.50 bits per heavy atom. The maximum atomic E-state index is 10.9. The van der Waals surface area contributed by atoms with Gasteiger partial charge >= 0.3 is 5.97 Å². The van der Waals surface area contributed by atoms with Gasteiger partial charge in [0.1, 0.15) is 5.69 Å². The number of nitrogens with zero attached hydrogens (tertiary/aromatic N) is 1. The van der Waals surface area contributed by atoms with E-state index in [-0.39, 0.29) is 18.0 Å². The molecule has 1 atom stereocenters. The Morgan fingerprint density at radius 3 is 2.80 bits per heavy atom. The second-order valence-electron chi connectivity index (χ2n) is 4.67. The molecule has 0 aliphatic heterocycles. The van der Waals surface area contributed by atoms with E-state index >= 15 is 0 Å². The minimum atomic E-state index is -0.810. The number of halogens is 1. The van der Waals surface area contributed by atoms with E-state index in [0.717, 1.165) is 6.42 Å². The molecule has 1 rings (SSSR count). The van der Waals surface area contributed by atoms with Crippen LogP contribution in [0.3, 0.4) is 0 Å². The molecule has 0 aromatic heterocycles. The summed E-state index contributed by atoms with van der Waals surface area (Å²) in [5.74, 6) is -0.577. The van der Waals surface area contributed by atoms with Crippen molar-refractivity contribution in [2.24, 2.45) is 5.92 Å². The quantitative estimate of drug-likeness (QED) is 0.565. The molecule has 0 spiro atoms. The summed E-state index contributed by atoms with van der Waals surface area (Å²) in [6, 6.07) is 4.35. The Morgan fingerprint density at radius 2 is 2.20 bits per heavy atom. The van der Waals surface area contributed by atoms with Crippen molar-refractivity contribution in [3.63, 3.8) is 0 Å². The highest BCUT2D eigenvalue weighted by molar-refractivity contribution is 6.31. The summed E-state index contributed by atoms with van der Waals surface area (Å²) in [5.41, 5.74) is 0.362. The van der Waals surface area contributed by atoms with E-state index in [1.54, 1.807) is 0 Å². The Labute approximate surface area is 121 Å². The lowest BCUT2D eigenvalue weighted by Crippen LogP contribution is -2.09. The number of rotatable bonds is 8. The number of benzene rings is 1. The highest BCUT2D eigenvalue weighted by atomic mass is 35.5. The number of anilines is 1. The van der Waals surface area contributed by atoms with Crippen LogP contribution in [0.5, 0.6) is 0 Å². The van der Waals surface area contributed by atoms with Crippen molar-refractivity contribution in [3.8, 4) is 0 Å². The molecule has 1 unspecified atom stereocenters. The zero-order chi connectivity index (χ0) is 15.1. The first-order chi connectivity index (χ1) is 9.40. The minimum absolute atomic E-state index is 0.0208. The van der Waals surface area contributed by atoms with Crippen molar-refractivity contribution in [2.75, 3.05) is 11.9 Å². The molecule has 0 aliphatic rings. The number of nitrogens with one attached hydrogen (secondary N) is 1. The summed E-state index contributed by atoms with van der Waals surface area (Å²) in [5, 5.41) is 22.9. The monoisotopic (exact) mass is 300 g/mol. The molecule has 0 heterocycles. The lowest BCUT2D eigenvalue weighted by molar-refractivity contribution is -0.384. The summed E-state index contributed by atoms with van der Waals surface area (Å²) in [7, 11) is 0. The van der Waals surface area contributed by atoms with Gasteiger partial charge in [0.05, 0.1) is 4.92 Å². The van der Waals surface area contributed by atoms with Crippen LogP contribution in [-0.2, 0) is 4.79 Å². The summed E-state index contributed by atoms with van der Waals surface area (Å²) in [6.45, 7) is 2.49. The first kappa shape index (κ1) is 16.2. The van der Waals surface area contributed by atoms with Crippen LogP contribution in [0.25, 0.3) is 0 Å². The molecule has 1 aromatic carbocycles. The molecule has 0 saturated heterocycles. The second kappa shape index (κ2) is 7.69. The van der Waals surface area contributed by atoms with Crippen molar-refractivity contribution in [2.45, 2.75) is 26.2 Å².